The zero-order valence-electron chi connectivity index (χ0n) is 16.2. The zero-order chi connectivity index (χ0) is 20.4. The molecule has 160 valence electrons. The van der Waals surface area contributed by atoms with Crippen LogP contribution >= 0.6 is 24.0 Å². The van der Waals surface area contributed by atoms with Crippen LogP contribution in [0.2, 0.25) is 0 Å². The molecule has 0 aliphatic rings. The van der Waals surface area contributed by atoms with Crippen LogP contribution in [0.5, 0.6) is 5.75 Å². The number of carbonyl (C=O) groups is 1. The summed E-state index contributed by atoms with van der Waals surface area (Å²) in [4.78, 5) is 16.0. The third-order valence-corrected chi connectivity index (χ3v) is 3.86. The molecule has 29 heavy (non-hydrogen) atoms. The van der Waals surface area contributed by atoms with E-state index in [0.717, 1.165) is 5.56 Å². The van der Waals surface area contributed by atoms with Crippen molar-refractivity contribution in [3.63, 3.8) is 0 Å². The summed E-state index contributed by atoms with van der Waals surface area (Å²) in [5.74, 6) is 0.701. The number of aliphatic imine (C=N–C) groups is 1. The molecule has 0 unspecified atom stereocenters. The van der Waals surface area contributed by atoms with E-state index < -0.39 is 6.61 Å². The Morgan fingerprint density at radius 2 is 1.90 bits per heavy atom. The van der Waals surface area contributed by atoms with Crippen LogP contribution in [0.4, 0.5) is 8.78 Å². The van der Waals surface area contributed by atoms with Gasteiger partial charge < -0.3 is 25.1 Å². The lowest BCUT2D eigenvalue weighted by Crippen LogP contribution is -2.38. The Labute approximate surface area is 185 Å². The number of ether oxygens (including phenoxy) is 1. The number of furan rings is 1. The van der Waals surface area contributed by atoms with Crippen LogP contribution in [0.25, 0.3) is 0 Å². The normalized spacial score (nSPS) is 11.0. The van der Waals surface area contributed by atoms with E-state index in [2.05, 4.69) is 25.7 Å². The number of para-hydroxylation sites is 1. The van der Waals surface area contributed by atoms with Gasteiger partial charge in [-0.05, 0) is 25.5 Å². The van der Waals surface area contributed by atoms with Gasteiger partial charge in [-0.15, -0.1) is 24.0 Å². The minimum atomic E-state index is -2.88. The van der Waals surface area contributed by atoms with Gasteiger partial charge in [0, 0.05) is 37.8 Å². The maximum atomic E-state index is 12.5. The minimum absolute atomic E-state index is 0. The SMILES string of the molecule is CN=C(NCCCNC(=O)c1occc1C)NCc1ccccc1OC(F)F.I. The molecule has 3 N–H and O–H groups in total. The predicted molar refractivity (Wildman–Crippen MR) is 117 cm³/mol. The number of rotatable bonds is 9. The summed E-state index contributed by atoms with van der Waals surface area (Å²) in [5, 5.41) is 8.92. The van der Waals surface area contributed by atoms with Gasteiger partial charge in [0.1, 0.15) is 5.75 Å². The van der Waals surface area contributed by atoms with Crippen molar-refractivity contribution in [2.45, 2.75) is 26.5 Å². The highest BCUT2D eigenvalue weighted by Crippen LogP contribution is 2.19. The van der Waals surface area contributed by atoms with E-state index in [9.17, 15) is 13.6 Å². The van der Waals surface area contributed by atoms with E-state index in [1.807, 2.05) is 0 Å². The molecule has 1 aromatic carbocycles. The van der Waals surface area contributed by atoms with Crippen LogP contribution in [0.1, 0.15) is 28.1 Å². The van der Waals surface area contributed by atoms with Crippen LogP contribution < -0.4 is 20.7 Å². The molecule has 1 heterocycles. The highest BCUT2D eigenvalue weighted by Gasteiger charge is 2.12. The third kappa shape index (κ3) is 8.26. The van der Waals surface area contributed by atoms with Gasteiger partial charge in [0.05, 0.1) is 6.26 Å². The van der Waals surface area contributed by atoms with Crippen LogP contribution in [0, 0.1) is 6.92 Å². The van der Waals surface area contributed by atoms with E-state index in [0.29, 0.717) is 36.8 Å². The van der Waals surface area contributed by atoms with Gasteiger partial charge in [-0.2, -0.15) is 8.78 Å². The molecule has 1 aromatic heterocycles. The van der Waals surface area contributed by atoms with Gasteiger partial charge in [0.15, 0.2) is 11.7 Å². The van der Waals surface area contributed by atoms with Gasteiger partial charge in [-0.3, -0.25) is 9.79 Å². The molecule has 1 amide bonds. The lowest BCUT2D eigenvalue weighted by molar-refractivity contribution is -0.0504. The fraction of sp³-hybridized carbons (Fsp3) is 0.368. The molecule has 0 bridgehead atoms. The van der Waals surface area contributed by atoms with E-state index in [1.165, 1.54) is 12.3 Å². The van der Waals surface area contributed by atoms with Gasteiger partial charge >= 0.3 is 6.61 Å². The number of guanidine groups is 1. The first-order valence-corrected chi connectivity index (χ1v) is 8.80. The van der Waals surface area contributed by atoms with Crippen molar-refractivity contribution in [3.05, 3.63) is 53.5 Å². The molecule has 0 aliphatic carbocycles. The number of carbonyl (C=O) groups excluding carboxylic acids is 1. The summed E-state index contributed by atoms with van der Waals surface area (Å²) >= 11 is 0. The van der Waals surface area contributed by atoms with E-state index in [4.69, 9.17) is 4.42 Å². The average molecular weight is 522 g/mol. The Balaban J connectivity index is 0.00000420. The fourth-order valence-electron chi connectivity index (χ4n) is 2.44. The smallest absolute Gasteiger partial charge is 0.387 e. The molecule has 10 heteroatoms. The van der Waals surface area contributed by atoms with E-state index >= 15 is 0 Å². The van der Waals surface area contributed by atoms with Crippen molar-refractivity contribution >= 4 is 35.8 Å². The molecule has 0 saturated carbocycles. The molecule has 0 radical (unpaired) electrons. The number of aryl methyl sites for hydroxylation is 1. The Hall–Kier alpha value is -2.37. The summed E-state index contributed by atoms with van der Waals surface area (Å²) in [5.41, 5.74) is 1.38. The Morgan fingerprint density at radius 1 is 1.17 bits per heavy atom. The number of nitrogens with zero attached hydrogens (tertiary/aromatic N) is 1. The summed E-state index contributed by atoms with van der Waals surface area (Å²) < 4.78 is 34.6. The predicted octanol–water partition coefficient (Wildman–Crippen LogP) is 3.29. The molecule has 0 spiro atoms. The number of hydrogen-bond acceptors (Lipinski definition) is 4. The first-order chi connectivity index (χ1) is 13.5. The monoisotopic (exact) mass is 522 g/mol. The maximum absolute atomic E-state index is 12.5. The fourth-order valence-corrected chi connectivity index (χ4v) is 2.44. The standard InChI is InChI=1S/C19H24F2N4O3.HI/c1-13-8-11-27-16(13)17(26)23-9-5-10-24-19(22-2)25-12-14-6-3-4-7-15(14)28-18(20)21;/h3-4,6-8,11,18H,5,9-10,12H2,1-2H3,(H,23,26)(H2,22,24,25);1H. The van der Waals surface area contributed by atoms with Crippen molar-refractivity contribution in [1.82, 2.24) is 16.0 Å². The molecular weight excluding hydrogens is 497 g/mol. The lowest BCUT2D eigenvalue weighted by Gasteiger charge is -2.14. The maximum Gasteiger partial charge on any atom is 0.387 e. The molecule has 0 saturated heterocycles. The zero-order valence-corrected chi connectivity index (χ0v) is 18.5. The Bertz CT molecular complexity index is 799. The largest absolute Gasteiger partial charge is 0.459 e. The molecular formula is C19H25F2IN4O3. The van der Waals surface area contributed by atoms with Gasteiger partial charge in [-0.1, -0.05) is 18.2 Å². The van der Waals surface area contributed by atoms with Crippen LogP contribution in [0.3, 0.4) is 0 Å². The van der Waals surface area contributed by atoms with Crippen molar-refractivity contribution in [1.29, 1.82) is 0 Å². The van der Waals surface area contributed by atoms with Gasteiger partial charge in [0.25, 0.3) is 5.91 Å². The molecule has 0 aliphatic heterocycles. The lowest BCUT2D eigenvalue weighted by atomic mass is 10.2. The summed E-state index contributed by atoms with van der Waals surface area (Å²) in [6.45, 7) is 0.232. The molecule has 7 nitrogen and oxygen atoms in total. The van der Waals surface area contributed by atoms with Crippen molar-refractivity contribution in [2.24, 2.45) is 4.99 Å². The van der Waals surface area contributed by atoms with Gasteiger partial charge in [-0.25, -0.2) is 0 Å². The number of nitrogens with one attached hydrogen (secondary N) is 3. The molecule has 2 aromatic rings. The first-order valence-electron chi connectivity index (χ1n) is 8.80. The average Bonchev–Trinajstić information content (AvgIpc) is 3.10. The minimum Gasteiger partial charge on any atom is -0.459 e. The second kappa shape index (κ2) is 13.0. The number of hydrogen-bond donors (Lipinski definition) is 3. The highest BCUT2D eigenvalue weighted by atomic mass is 127. The number of halogens is 3. The quantitative estimate of drug-likeness (QED) is 0.204. The van der Waals surface area contributed by atoms with Crippen molar-refractivity contribution in [2.75, 3.05) is 20.1 Å². The Morgan fingerprint density at radius 3 is 2.55 bits per heavy atom. The number of amides is 1. The summed E-state index contributed by atoms with van der Waals surface area (Å²) in [6.07, 6.45) is 2.14. The molecule has 2 rings (SSSR count). The topological polar surface area (TPSA) is 87.9 Å². The third-order valence-electron chi connectivity index (χ3n) is 3.86. The molecule has 0 fully saturated rings. The Kier molecular flexibility index (Phi) is 11.0. The van der Waals surface area contributed by atoms with E-state index in [1.54, 1.807) is 38.2 Å². The highest BCUT2D eigenvalue weighted by molar-refractivity contribution is 14.0. The summed E-state index contributed by atoms with van der Waals surface area (Å²) in [6, 6.07) is 8.30. The first kappa shape index (κ1) is 24.7. The number of alkyl halides is 2. The number of benzene rings is 1. The second-order valence-electron chi connectivity index (χ2n) is 5.88. The van der Waals surface area contributed by atoms with E-state index in [-0.39, 0.29) is 42.2 Å². The van der Waals surface area contributed by atoms with Gasteiger partial charge in [0.2, 0.25) is 0 Å². The second-order valence-corrected chi connectivity index (χ2v) is 5.88. The van der Waals surface area contributed by atoms with Crippen LogP contribution in [-0.2, 0) is 6.54 Å². The van der Waals surface area contributed by atoms with Crippen LogP contribution in [0.15, 0.2) is 46.0 Å². The van der Waals surface area contributed by atoms with Crippen molar-refractivity contribution in [3.8, 4) is 5.75 Å². The molecule has 0 atom stereocenters. The summed E-state index contributed by atoms with van der Waals surface area (Å²) in [7, 11) is 1.61. The van der Waals surface area contributed by atoms with Crippen LogP contribution in [-0.4, -0.2) is 38.6 Å². The van der Waals surface area contributed by atoms with Crippen molar-refractivity contribution < 1.29 is 22.7 Å².